The van der Waals surface area contributed by atoms with E-state index < -0.39 is 0 Å². The van der Waals surface area contributed by atoms with Crippen LogP contribution >= 0.6 is 15.9 Å². The predicted octanol–water partition coefficient (Wildman–Crippen LogP) is 3.61. The zero-order chi connectivity index (χ0) is 16.7. The number of hydrogen-bond donors (Lipinski definition) is 0. The van der Waals surface area contributed by atoms with Crippen LogP contribution in [0.5, 0.6) is 0 Å². The molecule has 24 heavy (non-hydrogen) atoms. The monoisotopic (exact) mass is 388 g/mol. The summed E-state index contributed by atoms with van der Waals surface area (Å²) in [5.74, 6) is -0.362. The van der Waals surface area contributed by atoms with Gasteiger partial charge >= 0.3 is 0 Å². The molecule has 3 aromatic rings. The molecule has 0 aliphatic carbocycles. The van der Waals surface area contributed by atoms with Crippen molar-refractivity contribution in [2.45, 2.75) is 18.9 Å². The van der Waals surface area contributed by atoms with Crippen molar-refractivity contribution in [2.24, 2.45) is 0 Å². The summed E-state index contributed by atoms with van der Waals surface area (Å²) in [6.45, 7) is 0.675. The fraction of sp³-hybridized carbons (Fsp3) is 0.235. The Kier molecular flexibility index (Phi) is 3.80. The molecule has 122 valence electrons. The number of halogens is 2. The van der Waals surface area contributed by atoms with E-state index in [-0.39, 0.29) is 17.8 Å². The average Bonchev–Trinajstić information content (AvgIpc) is 3.21. The molecule has 1 atom stereocenters. The summed E-state index contributed by atoms with van der Waals surface area (Å²) >= 11 is 3.34. The summed E-state index contributed by atoms with van der Waals surface area (Å²) in [6, 6.07) is 6.33. The van der Waals surface area contributed by atoms with Crippen LogP contribution in [0.25, 0.3) is 5.65 Å². The minimum Gasteiger partial charge on any atom is -0.331 e. The van der Waals surface area contributed by atoms with Gasteiger partial charge in [-0.25, -0.2) is 13.9 Å². The van der Waals surface area contributed by atoms with Crippen LogP contribution in [0.3, 0.4) is 0 Å². The largest absolute Gasteiger partial charge is 0.331 e. The Hall–Kier alpha value is -2.28. The molecule has 0 N–H and O–H groups in total. The van der Waals surface area contributed by atoms with Crippen molar-refractivity contribution >= 4 is 27.5 Å². The van der Waals surface area contributed by atoms with E-state index in [9.17, 15) is 9.18 Å². The van der Waals surface area contributed by atoms with E-state index in [1.807, 2.05) is 4.90 Å². The molecule has 3 heterocycles. The van der Waals surface area contributed by atoms with Crippen LogP contribution in [-0.2, 0) is 0 Å². The molecule has 1 amide bonds. The molecule has 0 spiro atoms. The molecule has 1 fully saturated rings. The summed E-state index contributed by atoms with van der Waals surface area (Å²) < 4.78 is 15.5. The van der Waals surface area contributed by atoms with Gasteiger partial charge in [-0.3, -0.25) is 4.79 Å². The average molecular weight is 389 g/mol. The Morgan fingerprint density at radius 2 is 2.04 bits per heavy atom. The molecular formula is C17H14BrFN4O. The van der Waals surface area contributed by atoms with Crippen LogP contribution in [-0.4, -0.2) is 31.9 Å². The highest BCUT2D eigenvalue weighted by atomic mass is 79.9. The molecule has 1 saturated heterocycles. The lowest BCUT2D eigenvalue weighted by atomic mass is 10.0. The molecule has 5 nitrogen and oxygen atoms in total. The van der Waals surface area contributed by atoms with Gasteiger partial charge in [0.05, 0.1) is 16.7 Å². The molecule has 1 aliphatic rings. The van der Waals surface area contributed by atoms with E-state index in [1.54, 1.807) is 35.2 Å². The SMILES string of the molecule is O=C(c1cnn2cc(Br)cnc12)N1CCC[C@H]1c1ccc(F)cc1. The first-order valence-electron chi connectivity index (χ1n) is 7.69. The number of likely N-dealkylation sites (tertiary alicyclic amines) is 1. The first-order valence-corrected chi connectivity index (χ1v) is 8.48. The fourth-order valence-corrected chi connectivity index (χ4v) is 3.50. The van der Waals surface area contributed by atoms with Crippen molar-refractivity contribution in [1.82, 2.24) is 19.5 Å². The van der Waals surface area contributed by atoms with Gasteiger partial charge in [-0.15, -0.1) is 0 Å². The summed E-state index contributed by atoms with van der Waals surface area (Å²) in [5, 5.41) is 4.21. The quantitative estimate of drug-likeness (QED) is 0.673. The molecule has 1 aliphatic heterocycles. The highest BCUT2D eigenvalue weighted by molar-refractivity contribution is 9.10. The predicted molar refractivity (Wildman–Crippen MR) is 90.1 cm³/mol. The maximum atomic E-state index is 13.2. The lowest BCUT2D eigenvalue weighted by Gasteiger charge is -2.24. The number of carbonyl (C=O) groups excluding carboxylic acids is 1. The van der Waals surface area contributed by atoms with Crippen LogP contribution in [0.15, 0.2) is 47.3 Å². The number of rotatable bonds is 2. The van der Waals surface area contributed by atoms with Crippen LogP contribution < -0.4 is 0 Å². The molecule has 0 bridgehead atoms. The minimum atomic E-state index is -0.271. The minimum absolute atomic E-state index is 0.0384. The number of fused-ring (bicyclic) bond motifs is 1. The van der Waals surface area contributed by atoms with Gasteiger partial charge in [-0.2, -0.15) is 5.10 Å². The van der Waals surface area contributed by atoms with Crippen molar-refractivity contribution < 1.29 is 9.18 Å². The van der Waals surface area contributed by atoms with E-state index in [4.69, 9.17) is 0 Å². The van der Waals surface area contributed by atoms with Gasteiger partial charge in [0, 0.05) is 18.9 Å². The third kappa shape index (κ3) is 2.58. The molecule has 7 heteroatoms. The summed E-state index contributed by atoms with van der Waals surface area (Å²) in [7, 11) is 0. The second-order valence-corrected chi connectivity index (χ2v) is 6.72. The first-order chi connectivity index (χ1) is 11.6. The number of nitrogens with zero attached hydrogens (tertiary/aromatic N) is 4. The normalized spacial score (nSPS) is 17.6. The third-order valence-electron chi connectivity index (χ3n) is 4.32. The van der Waals surface area contributed by atoms with Gasteiger partial charge in [-0.1, -0.05) is 12.1 Å². The van der Waals surface area contributed by atoms with Crippen LogP contribution in [0.1, 0.15) is 34.8 Å². The van der Waals surface area contributed by atoms with E-state index >= 15 is 0 Å². The molecule has 0 radical (unpaired) electrons. The number of carbonyl (C=O) groups is 1. The Balaban J connectivity index is 1.68. The van der Waals surface area contributed by atoms with Crippen LogP contribution in [0.2, 0.25) is 0 Å². The number of aromatic nitrogens is 3. The number of benzene rings is 1. The second kappa shape index (κ2) is 5.98. The van der Waals surface area contributed by atoms with E-state index in [1.165, 1.54) is 12.1 Å². The summed E-state index contributed by atoms with van der Waals surface area (Å²) in [4.78, 5) is 19.1. The van der Waals surface area contributed by atoms with Crippen molar-refractivity contribution in [2.75, 3.05) is 6.54 Å². The van der Waals surface area contributed by atoms with E-state index in [0.717, 1.165) is 22.9 Å². The van der Waals surface area contributed by atoms with Gasteiger partial charge < -0.3 is 4.90 Å². The van der Waals surface area contributed by atoms with Gasteiger partial charge in [0.1, 0.15) is 11.4 Å². The Labute approximate surface area is 146 Å². The van der Waals surface area contributed by atoms with Crippen molar-refractivity contribution in [3.8, 4) is 0 Å². The van der Waals surface area contributed by atoms with Gasteiger partial charge in [0.25, 0.3) is 5.91 Å². The molecule has 1 aromatic carbocycles. The van der Waals surface area contributed by atoms with Crippen molar-refractivity contribution in [1.29, 1.82) is 0 Å². The second-order valence-electron chi connectivity index (χ2n) is 5.81. The van der Waals surface area contributed by atoms with Crippen LogP contribution in [0.4, 0.5) is 4.39 Å². The molecule has 2 aromatic heterocycles. The van der Waals surface area contributed by atoms with Gasteiger partial charge in [0.15, 0.2) is 5.65 Å². The maximum Gasteiger partial charge on any atom is 0.259 e. The number of amides is 1. The first kappa shape index (κ1) is 15.3. The standard InChI is InChI=1S/C17H14BrFN4O/c18-12-8-20-16-14(9-21-23(16)10-12)17(24)22-7-1-2-15(22)11-3-5-13(19)6-4-11/h3-6,8-10,15H,1-2,7H2/t15-/m0/s1. The molecular weight excluding hydrogens is 375 g/mol. The van der Waals surface area contributed by atoms with Crippen LogP contribution in [0, 0.1) is 5.82 Å². The van der Waals surface area contributed by atoms with Crippen molar-refractivity contribution in [3.05, 3.63) is 64.3 Å². The highest BCUT2D eigenvalue weighted by Gasteiger charge is 2.32. The highest BCUT2D eigenvalue weighted by Crippen LogP contribution is 2.33. The van der Waals surface area contributed by atoms with Crippen molar-refractivity contribution in [3.63, 3.8) is 0 Å². The number of hydrogen-bond acceptors (Lipinski definition) is 3. The maximum absolute atomic E-state index is 13.2. The Morgan fingerprint density at radius 1 is 1.25 bits per heavy atom. The lowest BCUT2D eigenvalue weighted by Crippen LogP contribution is -2.30. The van der Waals surface area contributed by atoms with E-state index in [0.29, 0.717) is 17.8 Å². The smallest absolute Gasteiger partial charge is 0.259 e. The Morgan fingerprint density at radius 3 is 2.83 bits per heavy atom. The molecule has 4 rings (SSSR count). The molecule has 0 saturated carbocycles. The summed E-state index contributed by atoms with van der Waals surface area (Å²) in [6.07, 6.45) is 6.76. The summed E-state index contributed by atoms with van der Waals surface area (Å²) in [5.41, 5.74) is 1.97. The van der Waals surface area contributed by atoms with Gasteiger partial charge in [0.2, 0.25) is 0 Å². The fourth-order valence-electron chi connectivity index (χ4n) is 3.20. The van der Waals surface area contributed by atoms with Gasteiger partial charge in [-0.05, 0) is 46.5 Å². The Bertz CT molecular complexity index is 909. The zero-order valence-electron chi connectivity index (χ0n) is 12.7. The topological polar surface area (TPSA) is 50.5 Å². The lowest BCUT2D eigenvalue weighted by molar-refractivity contribution is 0.0737. The molecule has 0 unspecified atom stereocenters. The van der Waals surface area contributed by atoms with E-state index in [2.05, 4.69) is 26.0 Å². The third-order valence-corrected chi connectivity index (χ3v) is 4.73. The zero-order valence-corrected chi connectivity index (χ0v) is 14.3.